The summed E-state index contributed by atoms with van der Waals surface area (Å²) in [5.41, 5.74) is 0. The van der Waals surface area contributed by atoms with Crippen LogP contribution >= 0.6 is 21.8 Å². The Balaban J connectivity index is 2.23. The van der Waals surface area contributed by atoms with Crippen LogP contribution in [0.15, 0.2) is 18.7 Å². The van der Waals surface area contributed by atoms with Gasteiger partial charge < -0.3 is 0 Å². The van der Waals surface area contributed by atoms with Crippen molar-refractivity contribution in [3.8, 4) is 0 Å². The van der Waals surface area contributed by atoms with Gasteiger partial charge in [0, 0.05) is 28.6 Å². The molecule has 0 spiro atoms. The van der Waals surface area contributed by atoms with Crippen LogP contribution < -0.4 is 0 Å². The fourth-order valence-corrected chi connectivity index (χ4v) is 2.47. The van der Waals surface area contributed by atoms with E-state index in [9.17, 15) is 0 Å². The van der Waals surface area contributed by atoms with Gasteiger partial charge in [0.05, 0.1) is 0 Å². The zero-order chi connectivity index (χ0) is 8.10. The van der Waals surface area contributed by atoms with Crippen LogP contribution in [0, 0.1) is 0 Å². The molecule has 2 nitrogen and oxygen atoms in total. The second kappa shape index (κ2) is 4.72. The molecule has 4 heteroatoms. The minimum Gasteiger partial charge on any atom is -0.271 e. The summed E-state index contributed by atoms with van der Waals surface area (Å²) in [5.74, 6) is 0. The average molecular weight is 188 g/mol. The average Bonchev–Trinajstić information content (AvgIpc) is 2.52. The molecule has 1 aromatic rings. The lowest BCUT2D eigenvalue weighted by molar-refractivity contribution is 0.912. The van der Waals surface area contributed by atoms with Crippen molar-refractivity contribution in [2.24, 2.45) is 0 Å². The normalized spacial score (nSPS) is 13.3. The van der Waals surface area contributed by atoms with E-state index in [-0.39, 0.29) is 0 Å². The Bertz CT molecular complexity index is 186. The highest BCUT2D eigenvalue weighted by molar-refractivity contribution is 8.76. The number of rotatable bonds is 4. The number of imidazole rings is 1. The third-order valence-corrected chi connectivity index (χ3v) is 4.24. The van der Waals surface area contributed by atoms with Crippen molar-refractivity contribution in [3.05, 3.63) is 18.7 Å². The molecule has 0 saturated heterocycles. The number of hydrogen-bond acceptors (Lipinski definition) is 3. The monoisotopic (exact) mass is 188 g/mol. The Labute approximate surface area is 75.3 Å². The zero-order valence-electron chi connectivity index (χ0n) is 6.73. The van der Waals surface area contributed by atoms with E-state index in [0.29, 0.717) is 5.25 Å². The van der Waals surface area contributed by atoms with Crippen LogP contribution in [0.3, 0.4) is 0 Å². The summed E-state index contributed by atoms with van der Waals surface area (Å²) in [6.45, 7) is 4.43. The van der Waals surface area contributed by atoms with Crippen molar-refractivity contribution in [2.75, 3.05) is 0 Å². The van der Waals surface area contributed by atoms with Crippen molar-refractivity contribution in [1.82, 2.24) is 8.96 Å². The lowest BCUT2D eigenvalue weighted by Crippen LogP contribution is -1.90. The van der Waals surface area contributed by atoms with E-state index >= 15 is 0 Å². The molecule has 1 unspecified atom stereocenters. The number of aromatic nitrogens is 2. The molecule has 62 valence electrons. The first kappa shape index (κ1) is 9.00. The molecule has 0 aromatic carbocycles. The molecule has 0 amide bonds. The van der Waals surface area contributed by atoms with Gasteiger partial charge in [-0.15, -0.1) is 0 Å². The molecule has 0 bridgehead atoms. The van der Waals surface area contributed by atoms with Crippen LogP contribution in [0.25, 0.3) is 0 Å². The quantitative estimate of drug-likeness (QED) is 0.677. The third-order valence-electron chi connectivity index (χ3n) is 1.35. The SMILES string of the molecule is CCC(C)SSn1ccnc1. The highest BCUT2D eigenvalue weighted by Gasteiger charge is 1.99. The molecular weight excluding hydrogens is 176 g/mol. The molecule has 1 heterocycles. The van der Waals surface area contributed by atoms with Gasteiger partial charge in [0.15, 0.2) is 0 Å². The van der Waals surface area contributed by atoms with Gasteiger partial charge in [0.1, 0.15) is 6.33 Å². The summed E-state index contributed by atoms with van der Waals surface area (Å²) >= 11 is 0. The van der Waals surface area contributed by atoms with Gasteiger partial charge in [-0.2, -0.15) is 0 Å². The molecule has 1 rings (SSSR count). The van der Waals surface area contributed by atoms with Gasteiger partial charge in [-0.1, -0.05) is 24.6 Å². The van der Waals surface area contributed by atoms with Crippen LogP contribution in [0.5, 0.6) is 0 Å². The molecule has 0 aliphatic rings. The van der Waals surface area contributed by atoms with Crippen molar-refractivity contribution in [1.29, 1.82) is 0 Å². The van der Waals surface area contributed by atoms with Gasteiger partial charge in [-0.25, -0.2) is 4.98 Å². The van der Waals surface area contributed by atoms with E-state index in [2.05, 4.69) is 18.8 Å². The first-order valence-electron chi connectivity index (χ1n) is 3.64. The lowest BCUT2D eigenvalue weighted by atomic mass is 10.4. The Hall–Kier alpha value is -0.0900. The summed E-state index contributed by atoms with van der Waals surface area (Å²) in [6, 6.07) is 0. The minimum absolute atomic E-state index is 0.711. The molecule has 1 atom stereocenters. The topological polar surface area (TPSA) is 17.8 Å². The van der Waals surface area contributed by atoms with Crippen LogP contribution in [0.1, 0.15) is 20.3 Å². The van der Waals surface area contributed by atoms with Gasteiger partial charge >= 0.3 is 0 Å². The Morgan fingerprint density at radius 3 is 3.00 bits per heavy atom. The van der Waals surface area contributed by atoms with Crippen molar-refractivity contribution >= 4 is 21.8 Å². The second-order valence-electron chi connectivity index (χ2n) is 2.31. The summed E-state index contributed by atoms with van der Waals surface area (Å²) in [4.78, 5) is 3.95. The van der Waals surface area contributed by atoms with Crippen LogP contribution in [-0.2, 0) is 0 Å². The maximum absolute atomic E-state index is 3.95. The van der Waals surface area contributed by atoms with E-state index in [1.807, 2.05) is 27.3 Å². The minimum atomic E-state index is 0.711. The number of nitrogens with zero attached hydrogens (tertiary/aromatic N) is 2. The molecule has 0 aliphatic heterocycles. The highest BCUT2D eigenvalue weighted by Crippen LogP contribution is 2.28. The molecular formula is C7H12N2S2. The Morgan fingerprint density at radius 1 is 1.64 bits per heavy atom. The molecule has 11 heavy (non-hydrogen) atoms. The van der Waals surface area contributed by atoms with E-state index in [1.54, 1.807) is 17.2 Å². The lowest BCUT2D eigenvalue weighted by Gasteiger charge is -2.05. The summed E-state index contributed by atoms with van der Waals surface area (Å²) in [6.07, 6.45) is 6.79. The summed E-state index contributed by atoms with van der Waals surface area (Å²) in [5, 5.41) is 0.711. The molecule has 0 saturated carbocycles. The van der Waals surface area contributed by atoms with Crippen LogP contribution in [0.2, 0.25) is 0 Å². The first-order valence-corrected chi connectivity index (χ1v) is 5.81. The number of hydrogen-bond donors (Lipinski definition) is 0. The predicted molar refractivity (Wildman–Crippen MR) is 52.6 cm³/mol. The standard InChI is InChI=1S/C7H12N2S2/c1-3-7(2)10-11-9-5-4-8-6-9/h4-7H,3H2,1-2H3. The Morgan fingerprint density at radius 2 is 2.45 bits per heavy atom. The maximum Gasteiger partial charge on any atom is 0.105 e. The fourth-order valence-electron chi connectivity index (χ4n) is 0.482. The maximum atomic E-state index is 3.95. The summed E-state index contributed by atoms with van der Waals surface area (Å²) < 4.78 is 2.01. The smallest absolute Gasteiger partial charge is 0.105 e. The van der Waals surface area contributed by atoms with Crippen LogP contribution in [0.4, 0.5) is 0 Å². The highest BCUT2D eigenvalue weighted by atomic mass is 33.1. The third kappa shape index (κ3) is 3.20. The van der Waals surface area contributed by atoms with Crippen molar-refractivity contribution in [3.63, 3.8) is 0 Å². The Kier molecular flexibility index (Phi) is 3.86. The van der Waals surface area contributed by atoms with Crippen molar-refractivity contribution < 1.29 is 0 Å². The molecule has 0 radical (unpaired) electrons. The van der Waals surface area contributed by atoms with Gasteiger partial charge in [0.25, 0.3) is 0 Å². The van der Waals surface area contributed by atoms with E-state index in [4.69, 9.17) is 0 Å². The molecule has 0 N–H and O–H groups in total. The van der Waals surface area contributed by atoms with Crippen LogP contribution in [-0.4, -0.2) is 14.2 Å². The van der Waals surface area contributed by atoms with E-state index in [1.165, 1.54) is 6.42 Å². The first-order chi connectivity index (χ1) is 5.33. The zero-order valence-corrected chi connectivity index (χ0v) is 8.36. The predicted octanol–water partition coefficient (Wildman–Crippen LogP) is 2.83. The van der Waals surface area contributed by atoms with Gasteiger partial charge in [-0.3, -0.25) is 3.97 Å². The van der Waals surface area contributed by atoms with Crippen molar-refractivity contribution in [2.45, 2.75) is 25.5 Å². The van der Waals surface area contributed by atoms with Gasteiger partial charge in [-0.05, 0) is 6.42 Å². The van der Waals surface area contributed by atoms with Gasteiger partial charge in [0.2, 0.25) is 0 Å². The van der Waals surface area contributed by atoms with E-state index in [0.717, 1.165) is 0 Å². The van der Waals surface area contributed by atoms with E-state index < -0.39 is 0 Å². The molecule has 1 aromatic heterocycles. The molecule has 0 fully saturated rings. The fraction of sp³-hybridized carbons (Fsp3) is 0.571. The largest absolute Gasteiger partial charge is 0.271 e. The second-order valence-corrected chi connectivity index (χ2v) is 4.90. The summed E-state index contributed by atoms with van der Waals surface area (Å²) in [7, 11) is 3.60. The molecule has 0 aliphatic carbocycles.